The molecule has 1 fully saturated rings. The summed E-state index contributed by atoms with van der Waals surface area (Å²) in [4.78, 5) is 0.217. The van der Waals surface area contributed by atoms with E-state index in [1.165, 1.54) is 19.0 Å². The highest BCUT2D eigenvalue weighted by Crippen LogP contribution is 2.18. The van der Waals surface area contributed by atoms with E-state index in [9.17, 15) is 8.42 Å². The van der Waals surface area contributed by atoms with Crippen LogP contribution in [0.2, 0.25) is 0 Å². The largest absolute Gasteiger partial charge is 0.312 e. The van der Waals surface area contributed by atoms with Gasteiger partial charge >= 0.3 is 0 Å². The lowest BCUT2D eigenvalue weighted by atomic mass is 10.1. The quantitative estimate of drug-likeness (QED) is 0.807. The van der Waals surface area contributed by atoms with Crippen LogP contribution in [0.3, 0.4) is 0 Å². The first-order valence-electron chi connectivity index (χ1n) is 6.56. The van der Waals surface area contributed by atoms with Gasteiger partial charge in [0.1, 0.15) is 4.90 Å². The SMILES string of the molecule is CC(C)(C)NS(=O)(=O)c1cnn(CCNC2CC2)c1. The summed E-state index contributed by atoms with van der Waals surface area (Å²) in [5.41, 5.74) is -0.492. The van der Waals surface area contributed by atoms with E-state index in [0.29, 0.717) is 12.6 Å². The van der Waals surface area contributed by atoms with E-state index in [2.05, 4.69) is 15.1 Å². The van der Waals surface area contributed by atoms with Crippen LogP contribution in [0.25, 0.3) is 0 Å². The molecule has 2 N–H and O–H groups in total. The summed E-state index contributed by atoms with van der Waals surface area (Å²) in [5.74, 6) is 0. The van der Waals surface area contributed by atoms with E-state index in [1.807, 2.05) is 20.8 Å². The number of hydrogen-bond acceptors (Lipinski definition) is 4. The Labute approximate surface area is 114 Å². The number of nitrogens with zero attached hydrogens (tertiary/aromatic N) is 2. The Morgan fingerprint density at radius 2 is 2.11 bits per heavy atom. The third-order valence-electron chi connectivity index (χ3n) is 2.71. The lowest BCUT2D eigenvalue weighted by molar-refractivity contribution is 0.491. The summed E-state index contributed by atoms with van der Waals surface area (Å²) in [7, 11) is -3.48. The predicted molar refractivity (Wildman–Crippen MR) is 73.3 cm³/mol. The lowest BCUT2D eigenvalue weighted by Gasteiger charge is -2.19. The van der Waals surface area contributed by atoms with Gasteiger partial charge in [0, 0.05) is 24.3 Å². The maximum atomic E-state index is 12.1. The van der Waals surface area contributed by atoms with Gasteiger partial charge in [-0.05, 0) is 33.6 Å². The molecule has 1 heterocycles. The highest BCUT2D eigenvalue weighted by molar-refractivity contribution is 7.89. The van der Waals surface area contributed by atoms with E-state index < -0.39 is 15.6 Å². The fourth-order valence-electron chi connectivity index (χ4n) is 1.74. The molecule has 7 heteroatoms. The standard InChI is InChI=1S/C12H22N4O2S/c1-12(2,3)15-19(17,18)11-8-14-16(9-11)7-6-13-10-4-5-10/h8-10,13,15H,4-7H2,1-3H3. The van der Waals surface area contributed by atoms with Crippen LogP contribution in [-0.2, 0) is 16.6 Å². The Balaban J connectivity index is 1.94. The third kappa shape index (κ3) is 4.59. The van der Waals surface area contributed by atoms with Crippen LogP contribution in [0, 0.1) is 0 Å². The number of sulfonamides is 1. The summed E-state index contributed by atoms with van der Waals surface area (Å²) in [6, 6.07) is 0.654. The van der Waals surface area contributed by atoms with E-state index in [1.54, 1.807) is 10.9 Å². The van der Waals surface area contributed by atoms with Crippen molar-refractivity contribution >= 4 is 10.0 Å². The van der Waals surface area contributed by atoms with Gasteiger partial charge in [-0.3, -0.25) is 4.68 Å². The van der Waals surface area contributed by atoms with Crippen molar-refractivity contribution in [3.8, 4) is 0 Å². The first-order chi connectivity index (χ1) is 8.76. The van der Waals surface area contributed by atoms with Crippen molar-refractivity contribution in [3.63, 3.8) is 0 Å². The maximum absolute atomic E-state index is 12.1. The predicted octanol–water partition coefficient (Wildman–Crippen LogP) is 0.712. The second-order valence-corrected chi connectivity index (χ2v) is 7.71. The molecule has 0 radical (unpaired) electrons. The fourth-order valence-corrected chi connectivity index (χ4v) is 3.11. The lowest BCUT2D eigenvalue weighted by Crippen LogP contribution is -2.40. The number of aromatic nitrogens is 2. The minimum absolute atomic E-state index is 0.217. The zero-order chi connectivity index (χ0) is 14.1. The van der Waals surface area contributed by atoms with E-state index in [4.69, 9.17) is 0 Å². The molecule has 0 spiro atoms. The average Bonchev–Trinajstić information content (AvgIpc) is 2.90. The van der Waals surface area contributed by atoms with Crippen molar-refractivity contribution in [2.45, 2.75) is 56.6 Å². The normalized spacial score (nSPS) is 16.8. The van der Waals surface area contributed by atoms with Crippen molar-refractivity contribution in [1.82, 2.24) is 19.8 Å². The number of hydrogen-bond donors (Lipinski definition) is 2. The molecule has 1 aromatic rings. The number of nitrogens with one attached hydrogen (secondary N) is 2. The molecule has 0 aromatic carbocycles. The zero-order valence-corrected chi connectivity index (χ0v) is 12.5. The monoisotopic (exact) mass is 286 g/mol. The van der Waals surface area contributed by atoms with Crippen molar-refractivity contribution in [3.05, 3.63) is 12.4 Å². The van der Waals surface area contributed by atoms with E-state index >= 15 is 0 Å². The molecule has 2 rings (SSSR count). The van der Waals surface area contributed by atoms with Gasteiger partial charge in [-0.1, -0.05) is 0 Å². The summed E-state index contributed by atoms with van der Waals surface area (Å²) >= 11 is 0. The minimum Gasteiger partial charge on any atom is -0.312 e. The molecule has 19 heavy (non-hydrogen) atoms. The fraction of sp³-hybridized carbons (Fsp3) is 0.750. The van der Waals surface area contributed by atoms with Crippen LogP contribution < -0.4 is 10.0 Å². The molecule has 1 aliphatic rings. The zero-order valence-electron chi connectivity index (χ0n) is 11.7. The van der Waals surface area contributed by atoms with Crippen molar-refractivity contribution in [2.75, 3.05) is 6.54 Å². The topological polar surface area (TPSA) is 76.0 Å². The van der Waals surface area contributed by atoms with Gasteiger partial charge in [-0.25, -0.2) is 13.1 Å². The molecule has 0 unspecified atom stereocenters. The average molecular weight is 286 g/mol. The van der Waals surface area contributed by atoms with Gasteiger partial charge in [0.05, 0.1) is 12.7 Å². The van der Waals surface area contributed by atoms with Crippen LogP contribution in [0.15, 0.2) is 17.3 Å². The summed E-state index contributed by atoms with van der Waals surface area (Å²) in [6.45, 7) is 6.94. The van der Waals surface area contributed by atoms with Gasteiger partial charge in [0.2, 0.25) is 10.0 Å². The molecular weight excluding hydrogens is 264 g/mol. The van der Waals surface area contributed by atoms with Crippen molar-refractivity contribution in [1.29, 1.82) is 0 Å². The molecule has 1 saturated carbocycles. The minimum atomic E-state index is -3.48. The third-order valence-corrected chi connectivity index (χ3v) is 4.42. The van der Waals surface area contributed by atoms with Crippen molar-refractivity contribution < 1.29 is 8.42 Å². The Morgan fingerprint density at radius 3 is 2.68 bits per heavy atom. The van der Waals surface area contributed by atoms with Crippen LogP contribution in [0.4, 0.5) is 0 Å². The van der Waals surface area contributed by atoms with Crippen LogP contribution in [-0.4, -0.2) is 36.3 Å². The van der Waals surface area contributed by atoms with E-state index in [-0.39, 0.29) is 4.90 Å². The van der Waals surface area contributed by atoms with Crippen LogP contribution in [0.5, 0.6) is 0 Å². The first-order valence-corrected chi connectivity index (χ1v) is 8.04. The summed E-state index contributed by atoms with van der Waals surface area (Å²) in [5, 5.41) is 7.45. The highest BCUT2D eigenvalue weighted by Gasteiger charge is 2.23. The van der Waals surface area contributed by atoms with E-state index in [0.717, 1.165) is 6.54 Å². The first kappa shape index (κ1) is 14.5. The molecule has 0 aliphatic heterocycles. The van der Waals surface area contributed by atoms with Gasteiger partial charge < -0.3 is 5.32 Å². The summed E-state index contributed by atoms with van der Waals surface area (Å²) in [6.07, 6.45) is 5.45. The van der Waals surface area contributed by atoms with Crippen LogP contribution in [0.1, 0.15) is 33.6 Å². The molecule has 1 aromatic heterocycles. The highest BCUT2D eigenvalue weighted by atomic mass is 32.2. The van der Waals surface area contributed by atoms with Gasteiger partial charge in [0.15, 0.2) is 0 Å². The smallest absolute Gasteiger partial charge is 0.244 e. The second-order valence-electron chi connectivity index (χ2n) is 6.02. The molecule has 0 bridgehead atoms. The molecule has 0 saturated heterocycles. The Bertz CT molecular complexity index is 526. The number of rotatable bonds is 6. The van der Waals surface area contributed by atoms with Gasteiger partial charge in [-0.15, -0.1) is 0 Å². The molecular formula is C12H22N4O2S. The second kappa shape index (κ2) is 5.22. The van der Waals surface area contributed by atoms with Gasteiger partial charge in [-0.2, -0.15) is 5.10 Å². The Morgan fingerprint density at radius 1 is 1.42 bits per heavy atom. The van der Waals surface area contributed by atoms with Crippen LogP contribution >= 0.6 is 0 Å². The summed E-state index contributed by atoms with van der Waals surface area (Å²) < 4.78 is 28.4. The Kier molecular flexibility index (Phi) is 3.98. The molecule has 0 amide bonds. The maximum Gasteiger partial charge on any atom is 0.244 e. The molecule has 1 aliphatic carbocycles. The van der Waals surface area contributed by atoms with Crippen molar-refractivity contribution in [2.24, 2.45) is 0 Å². The molecule has 6 nitrogen and oxygen atoms in total. The Hall–Kier alpha value is -0.920. The molecule has 0 atom stereocenters. The molecule has 108 valence electrons. The van der Waals surface area contributed by atoms with Gasteiger partial charge in [0.25, 0.3) is 0 Å².